The van der Waals surface area contributed by atoms with Crippen LogP contribution in [0.25, 0.3) is 0 Å². The highest BCUT2D eigenvalue weighted by Gasteiger charge is 2.54. The summed E-state index contributed by atoms with van der Waals surface area (Å²) in [5, 5.41) is 29.7. The van der Waals surface area contributed by atoms with Gasteiger partial charge in [0.05, 0.1) is 0 Å². The number of H-pyrrole nitrogens is 1. The Morgan fingerprint density at radius 2 is 1.88 bits per heavy atom. The highest BCUT2D eigenvalue weighted by molar-refractivity contribution is 8.01. The van der Waals surface area contributed by atoms with Crippen molar-refractivity contribution in [3.05, 3.63) is 67.9 Å². The van der Waals surface area contributed by atoms with E-state index < -0.39 is 58.2 Å². The summed E-state index contributed by atoms with van der Waals surface area (Å²) in [6.45, 7) is 0. The second-order valence-corrected chi connectivity index (χ2v) is 11.4. The molecule has 2 unspecified atom stereocenters. The number of amides is 3. The number of hydrogen-bond donors (Lipinski definition) is 5. The fourth-order valence-corrected chi connectivity index (χ4v) is 6.74. The van der Waals surface area contributed by atoms with Gasteiger partial charge in [-0.25, -0.2) is 14.7 Å². The number of aliphatic carboxylic acids is 2. The third-order valence-electron chi connectivity index (χ3n) is 6.52. The predicted octanol–water partition coefficient (Wildman–Crippen LogP) is -0.647. The lowest BCUT2D eigenvalue weighted by Crippen LogP contribution is -2.70. The maximum atomic E-state index is 12.9. The molecule has 1 aromatic carbocycles. The summed E-state index contributed by atoms with van der Waals surface area (Å²) in [4.78, 5) is 85.8. The Morgan fingerprint density at radius 3 is 2.55 bits per heavy atom. The van der Waals surface area contributed by atoms with Crippen molar-refractivity contribution >= 4 is 53.2 Å². The molecule has 15 nitrogen and oxygen atoms in total. The first-order valence-electron chi connectivity index (χ1n) is 12.6. The molecule has 42 heavy (non-hydrogen) atoms. The molecule has 17 heteroatoms. The zero-order chi connectivity index (χ0) is 30.6. The minimum Gasteiger partial charge on any atom is -0.480 e. The molecule has 0 spiro atoms. The molecule has 0 radical (unpaired) electrons. The number of carbonyl (C=O) groups excluding carboxylic acids is 3. The molecule has 0 bridgehead atoms. The van der Waals surface area contributed by atoms with Crippen LogP contribution in [0, 0.1) is 0 Å². The molecule has 1 fully saturated rings. The monoisotopic (exact) mass is 618 g/mol. The SMILES string of the molecule is Cn1c(SCC2=C(C(=O)O)N3C(=O)C(NC(=O)CCCC(NC(=O)c4ccccc4)C(=O)O)[C@H]3SC2)n[nH]c(=O)c1=O. The molecule has 222 valence electrons. The Hall–Kier alpha value is -4.38. The molecule has 0 saturated carbocycles. The Bertz CT molecular complexity index is 1570. The average Bonchev–Trinajstić information content (AvgIpc) is 2.97. The van der Waals surface area contributed by atoms with Gasteiger partial charge in [-0.1, -0.05) is 30.0 Å². The number of benzene rings is 1. The standard InChI is InChI=1S/C25H26N6O9S2/c1-30-21(36)19(34)28-29-25(30)42-11-13-10-41-22-16(20(35)31(22)17(13)24(39)40)27-15(32)9-5-8-14(23(37)38)26-18(33)12-6-3-2-4-7-12/h2-4,6-7,14,16,22H,5,8-11H2,1H3,(H,26,33)(H,27,32)(H,28,34)(H,37,38)(H,39,40)/t14?,16?,22-/m1/s1. The zero-order valence-corrected chi connectivity index (χ0v) is 23.7. The number of β-lactam (4-membered cyclic amide) rings is 1. The van der Waals surface area contributed by atoms with Crippen molar-refractivity contribution < 1.29 is 34.2 Å². The minimum absolute atomic E-state index is 0.0209. The zero-order valence-electron chi connectivity index (χ0n) is 22.1. The first-order valence-corrected chi connectivity index (χ1v) is 14.6. The Kier molecular flexibility index (Phi) is 9.52. The van der Waals surface area contributed by atoms with E-state index in [2.05, 4.69) is 20.8 Å². The third kappa shape index (κ3) is 6.57. The molecule has 2 aromatic rings. The number of rotatable bonds is 12. The minimum atomic E-state index is -1.32. The van der Waals surface area contributed by atoms with Gasteiger partial charge < -0.3 is 20.8 Å². The van der Waals surface area contributed by atoms with Gasteiger partial charge in [0.1, 0.15) is 23.2 Å². The van der Waals surface area contributed by atoms with Crippen molar-refractivity contribution in [3.8, 4) is 0 Å². The van der Waals surface area contributed by atoms with Gasteiger partial charge >= 0.3 is 23.1 Å². The van der Waals surface area contributed by atoms with E-state index in [0.29, 0.717) is 11.1 Å². The van der Waals surface area contributed by atoms with Crippen LogP contribution in [0.4, 0.5) is 0 Å². The molecule has 4 rings (SSSR count). The van der Waals surface area contributed by atoms with Crippen LogP contribution in [-0.4, -0.2) is 88.5 Å². The van der Waals surface area contributed by atoms with Crippen LogP contribution < -0.4 is 21.8 Å². The molecule has 0 aliphatic carbocycles. The van der Waals surface area contributed by atoms with Gasteiger partial charge in [0.15, 0.2) is 5.16 Å². The van der Waals surface area contributed by atoms with Crippen LogP contribution in [0.2, 0.25) is 0 Å². The van der Waals surface area contributed by atoms with Crippen molar-refractivity contribution in [1.82, 2.24) is 30.3 Å². The Balaban J connectivity index is 1.32. The lowest BCUT2D eigenvalue weighted by molar-refractivity contribution is -0.150. The van der Waals surface area contributed by atoms with Crippen molar-refractivity contribution in [2.45, 2.75) is 41.9 Å². The molecule has 1 aromatic heterocycles. The number of thioether (sulfide) groups is 2. The number of nitrogens with one attached hydrogen (secondary N) is 3. The van der Waals surface area contributed by atoms with Gasteiger partial charge in [0.2, 0.25) is 5.91 Å². The molecule has 3 amide bonds. The number of aromatic amines is 1. The van der Waals surface area contributed by atoms with Crippen LogP contribution >= 0.6 is 23.5 Å². The summed E-state index contributed by atoms with van der Waals surface area (Å²) >= 11 is 2.29. The van der Waals surface area contributed by atoms with E-state index in [1.807, 2.05) is 0 Å². The normalized spacial score (nSPS) is 18.5. The quantitative estimate of drug-likeness (QED) is 0.114. The van der Waals surface area contributed by atoms with Crippen LogP contribution in [0.3, 0.4) is 0 Å². The number of hydrogen-bond acceptors (Lipinski definition) is 10. The number of carboxylic acid groups (broad SMARTS) is 2. The molecular weight excluding hydrogens is 592 g/mol. The summed E-state index contributed by atoms with van der Waals surface area (Å²) in [5.74, 6) is -3.93. The fourth-order valence-electron chi connectivity index (χ4n) is 4.34. The topological polar surface area (TPSA) is 221 Å². The summed E-state index contributed by atoms with van der Waals surface area (Å²) in [5.41, 5.74) is -1.21. The maximum absolute atomic E-state index is 12.9. The summed E-state index contributed by atoms with van der Waals surface area (Å²) in [6, 6.07) is 5.93. The Morgan fingerprint density at radius 1 is 1.17 bits per heavy atom. The molecule has 3 heterocycles. The fraction of sp³-hybridized carbons (Fsp3) is 0.360. The smallest absolute Gasteiger partial charge is 0.352 e. The second kappa shape index (κ2) is 13.1. The van der Waals surface area contributed by atoms with Gasteiger partial charge in [-0.15, -0.1) is 16.9 Å². The van der Waals surface area contributed by atoms with Crippen molar-refractivity contribution in [2.75, 3.05) is 11.5 Å². The van der Waals surface area contributed by atoms with E-state index in [1.165, 1.54) is 18.8 Å². The van der Waals surface area contributed by atoms with E-state index in [-0.39, 0.29) is 41.6 Å². The largest absolute Gasteiger partial charge is 0.480 e. The van der Waals surface area contributed by atoms with Gasteiger partial charge in [-0.2, -0.15) is 0 Å². The Labute approximate surface area is 245 Å². The molecule has 2 aliphatic rings. The molecule has 2 aliphatic heterocycles. The summed E-state index contributed by atoms with van der Waals surface area (Å²) in [6.07, 6.45) is -0.0171. The second-order valence-electron chi connectivity index (χ2n) is 9.32. The van der Waals surface area contributed by atoms with Gasteiger partial charge in [0.25, 0.3) is 11.8 Å². The van der Waals surface area contributed by atoms with Crippen molar-refractivity contribution in [3.63, 3.8) is 0 Å². The molecular formula is C25H26N6O9S2. The number of nitrogens with zero attached hydrogens (tertiary/aromatic N) is 3. The molecule has 5 N–H and O–H groups in total. The predicted molar refractivity (Wildman–Crippen MR) is 150 cm³/mol. The average molecular weight is 619 g/mol. The van der Waals surface area contributed by atoms with E-state index in [9.17, 15) is 43.8 Å². The molecule has 1 saturated heterocycles. The van der Waals surface area contributed by atoms with Crippen molar-refractivity contribution in [2.24, 2.45) is 7.05 Å². The van der Waals surface area contributed by atoms with E-state index in [4.69, 9.17) is 0 Å². The van der Waals surface area contributed by atoms with Gasteiger partial charge in [-0.05, 0) is 30.5 Å². The highest BCUT2D eigenvalue weighted by Crippen LogP contribution is 2.41. The number of carboxylic acids is 2. The summed E-state index contributed by atoms with van der Waals surface area (Å²) < 4.78 is 1.04. The van der Waals surface area contributed by atoms with Gasteiger partial charge in [-0.3, -0.25) is 33.4 Å². The number of fused-ring (bicyclic) bond motifs is 1. The van der Waals surface area contributed by atoms with Crippen LogP contribution in [0.15, 0.2) is 56.3 Å². The first-order chi connectivity index (χ1) is 20.0. The van der Waals surface area contributed by atoms with E-state index in [1.54, 1.807) is 30.3 Å². The first kappa shape index (κ1) is 30.6. The van der Waals surface area contributed by atoms with Crippen LogP contribution in [-0.2, 0) is 26.2 Å². The number of carbonyl (C=O) groups is 5. The summed E-state index contributed by atoms with van der Waals surface area (Å²) in [7, 11) is 1.36. The lowest BCUT2D eigenvalue weighted by atomic mass is 10.0. The van der Waals surface area contributed by atoms with Gasteiger partial charge in [0, 0.05) is 30.5 Å². The van der Waals surface area contributed by atoms with E-state index in [0.717, 1.165) is 21.2 Å². The molecule has 3 atom stereocenters. The third-order valence-corrected chi connectivity index (χ3v) is 8.97. The van der Waals surface area contributed by atoms with E-state index >= 15 is 0 Å². The lowest BCUT2D eigenvalue weighted by Gasteiger charge is -2.49. The number of aromatic nitrogens is 3. The maximum Gasteiger partial charge on any atom is 0.352 e. The highest BCUT2D eigenvalue weighted by atomic mass is 32.2. The van der Waals surface area contributed by atoms with Crippen LogP contribution in [0.5, 0.6) is 0 Å². The van der Waals surface area contributed by atoms with Crippen LogP contribution in [0.1, 0.15) is 29.6 Å². The van der Waals surface area contributed by atoms with Crippen molar-refractivity contribution in [1.29, 1.82) is 0 Å².